The Balaban J connectivity index is 1.62. The lowest BCUT2D eigenvalue weighted by atomic mass is 10.1. The Kier molecular flexibility index (Phi) is 4.61. The molecule has 0 radical (unpaired) electrons. The molecule has 0 saturated heterocycles. The second-order valence-electron chi connectivity index (χ2n) is 6.44. The number of amides is 1. The number of halogens is 2. The molecule has 1 amide bonds. The van der Waals surface area contributed by atoms with E-state index in [1.54, 1.807) is 36.4 Å². The molecule has 7 heteroatoms. The summed E-state index contributed by atoms with van der Waals surface area (Å²) < 4.78 is 5.79. The second kappa shape index (κ2) is 6.91. The molecule has 0 bridgehead atoms. The lowest BCUT2D eigenvalue weighted by Crippen LogP contribution is -2.39. The van der Waals surface area contributed by atoms with Crippen LogP contribution in [0.1, 0.15) is 29.6 Å². The molecule has 1 saturated carbocycles. The number of aliphatic hydroxyl groups excluding tert-OH is 1. The molecule has 4 rings (SSSR count). The summed E-state index contributed by atoms with van der Waals surface area (Å²) in [6, 6.07) is 9.94. The zero-order chi connectivity index (χ0) is 18.3. The highest BCUT2D eigenvalue weighted by Gasteiger charge is 2.27. The van der Waals surface area contributed by atoms with Crippen LogP contribution in [0.2, 0.25) is 10.0 Å². The molecule has 5 nitrogen and oxygen atoms in total. The number of nitrogens with zero attached hydrogens (tertiary/aromatic N) is 1. The molecule has 3 aromatic rings. The van der Waals surface area contributed by atoms with Gasteiger partial charge in [0.05, 0.1) is 12.1 Å². The number of hydrogen-bond acceptors (Lipinski definition) is 4. The fourth-order valence-corrected chi connectivity index (χ4v) is 3.75. The van der Waals surface area contributed by atoms with Gasteiger partial charge in [0.25, 0.3) is 5.91 Å². The van der Waals surface area contributed by atoms with Crippen LogP contribution < -0.4 is 5.32 Å². The minimum absolute atomic E-state index is 0.197. The Labute approximate surface area is 159 Å². The highest BCUT2D eigenvalue weighted by Crippen LogP contribution is 2.29. The maximum absolute atomic E-state index is 12.4. The first kappa shape index (κ1) is 17.3. The summed E-state index contributed by atoms with van der Waals surface area (Å²) in [5.41, 5.74) is 2.26. The van der Waals surface area contributed by atoms with Gasteiger partial charge in [-0.15, -0.1) is 0 Å². The summed E-state index contributed by atoms with van der Waals surface area (Å²) in [7, 11) is 0. The van der Waals surface area contributed by atoms with Crippen LogP contribution in [0.4, 0.5) is 0 Å². The first-order valence-electron chi connectivity index (χ1n) is 8.35. The number of aliphatic hydroxyl groups is 1. The molecule has 1 fully saturated rings. The highest BCUT2D eigenvalue weighted by molar-refractivity contribution is 6.35. The zero-order valence-corrected chi connectivity index (χ0v) is 15.2. The minimum atomic E-state index is -0.479. The summed E-state index contributed by atoms with van der Waals surface area (Å²) >= 11 is 12.1. The maximum atomic E-state index is 12.4. The Morgan fingerprint density at radius 3 is 2.62 bits per heavy atom. The fourth-order valence-electron chi connectivity index (χ4n) is 3.23. The van der Waals surface area contributed by atoms with Gasteiger partial charge < -0.3 is 14.8 Å². The van der Waals surface area contributed by atoms with E-state index in [9.17, 15) is 9.90 Å². The van der Waals surface area contributed by atoms with Gasteiger partial charge in [-0.1, -0.05) is 23.2 Å². The average molecular weight is 391 g/mol. The van der Waals surface area contributed by atoms with E-state index in [2.05, 4.69) is 10.3 Å². The van der Waals surface area contributed by atoms with Crippen molar-refractivity contribution in [1.29, 1.82) is 0 Å². The van der Waals surface area contributed by atoms with Crippen LogP contribution in [0.3, 0.4) is 0 Å². The topological polar surface area (TPSA) is 75.4 Å². The molecule has 26 heavy (non-hydrogen) atoms. The Hall–Kier alpha value is -2.08. The lowest BCUT2D eigenvalue weighted by Gasteiger charge is -2.16. The van der Waals surface area contributed by atoms with Crippen molar-refractivity contribution in [3.8, 4) is 11.5 Å². The summed E-state index contributed by atoms with van der Waals surface area (Å²) in [5, 5.41) is 13.7. The zero-order valence-electron chi connectivity index (χ0n) is 13.7. The normalized spacial score (nSPS) is 19.8. The standard InChI is InChI=1S/C19H16Cl2N2O3/c20-12-6-11(7-13(21)9-12)19-23-15-5-4-10(8-17(15)26-19)18(25)22-14-2-1-3-16(14)24/h4-9,14,16,24H,1-3H2,(H,22,25)/t14-,16-/m0/s1. The number of fused-ring (bicyclic) bond motifs is 1. The molecule has 1 aliphatic carbocycles. The van der Waals surface area contributed by atoms with Gasteiger partial charge in [0.15, 0.2) is 5.58 Å². The Morgan fingerprint density at radius 2 is 1.92 bits per heavy atom. The number of aromatic nitrogens is 1. The first-order chi connectivity index (χ1) is 12.5. The third-order valence-corrected chi connectivity index (χ3v) is 4.99. The smallest absolute Gasteiger partial charge is 0.251 e. The number of hydrogen-bond donors (Lipinski definition) is 2. The molecule has 2 aromatic carbocycles. The first-order valence-corrected chi connectivity index (χ1v) is 9.11. The van der Waals surface area contributed by atoms with Gasteiger partial charge in [-0.2, -0.15) is 0 Å². The van der Waals surface area contributed by atoms with E-state index in [1.807, 2.05) is 0 Å². The molecule has 1 heterocycles. The predicted octanol–water partition coefficient (Wildman–Crippen LogP) is 4.44. The van der Waals surface area contributed by atoms with Crippen molar-refractivity contribution in [1.82, 2.24) is 10.3 Å². The molecule has 134 valence electrons. The van der Waals surface area contributed by atoms with E-state index < -0.39 is 6.10 Å². The number of carbonyl (C=O) groups excluding carboxylic acids is 1. The third kappa shape index (κ3) is 3.43. The molecule has 1 aliphatic rings. The number of nitrogens with one attached hydrogen (secondary N) is 1. The lowest BCUT2D eigenvalue weighted by molar-refractivity contribution is 0.0873. The monoisotopic (exact) mass is 390 g/mol. The molecular formula is C19H16Cl2N2O3. The quantitative estimate of drug-likeness (QED) is 0.692. The van der Waals surface area contributed by atoms with E-state index in [0.29, 0.717) is 38.2 Å². The Bertz CT molecular complexity index is 966. The molecule has 2 N–H and O–H groups in total. The predicted molar refractivity (Wildman–Crippen MR) is 101 cm³/mol. The van der Waals surface area contributed by atoms with Crippen molar-refractivity contribution in [2.75, 3.05) is 0 Å². The van der Waals surface area contributed by atoms with Crippen molar-refractivity contribution in [3.63, 3.8) is 0 Å². The largest absolute Gasteiger partial charge is 0.436 e. The van der Waals surface area contributed by atoms with Gasteiger partial charge in [-0.25, -0.2) is 4.98 Å². The molecule has 1 aromatic heterocycles. The van der Waals surface area contributed by atoms with Crippen molar-refractivity contribution >= 4 is 40.2 Å². The van der Waals surface area contributed by atoms with Crippen molar-refractivity contribution < 1.29 is 14.3 Å². The summed E-state index contributed by atoms with van der Waals surface area (Å²) in [6.45, 7) is 0. The molecular weight excluding hydrogens is 375 g/mol. The van der Waals surface area contributed by atoms with Crippen LogP contribution in [0.15, 0.2) is 40.8 Å². The second-order valence-corrected chi connectivity index (χ2v) is 7.31. The maximum Gasteiger partial charge on any atom is 0.251 e. The van der Waals surface area contributed by atoms with E-state index in [4.69, 9.17) is 27.6 Å². The van der Waals surface area contributed by atoms with Gasteiger partial charge in [0.2, 0.25) is 5.89 Å². The fraction of sp³-hybridized carbons (Fsp3) is 0.263. The molecule has 2 atom stereocenters. The van der Waals surface area contributed by atoms with Crippen molar-refractivity contribution in [2.45, 2.75) is 31.4 Å². The van der Waals surface area contributed by atoms with Crippen molar-refractivity contribution in [3.05, 3.63) is 52.0 Å². The summed E-state index contributed by atoms with van der Waals surface area (Å²) in [6.07, 6.45) is 1.94. The number of oxazole rings is 1. The van der Waals surface area contributed by atoms with Crippen LogP contribution >= 0.6 is 23.2 Å². The third-order valence-electron chi connectivity index (χ3n) is 4.56. The Morgan fingerprint density at radius 1 is 1.15 bits per heavy atom. The SMILES string of the molecule is O=C(N[C@H]1CCC[C@@H]1O)c1ccc2nc(-c3cc(Cl)cc(Cl)c3)oc2c1. The van der Waals surface area contributed by atoms with Crippen LogP contribution in [0.25, 0.3) is 22.6 Å². The van der Waals surface area contributed by atoms with E-state index in [0.717, 1.165) is 19.3 Å². The van der Waals surface area contributed by atoms with Gasteiger partial charge in [-0.05, 0) is 55.7 Å². The van der Waals surface area contributed by atoms with Gasteiger partial charge in [0, 0.05) is 21.2 Å². The van der Waals surface area contributed by atoms with Crippen LogP contribution in [-0.2, 0) is 0 Å². The van der Waals surface area contributed by atoms with E-state index in [-0.39, 0.29) is 11.9 Å². The van der Waals surface area contributed by atoms with Crippen LogP contribution in [0, 0.1) is 0 Å². The van der Waals surface area contributed by atoms with Crippen LogP contribution in [-0.4, -0.2) is 28.1 Å². The summed E-state index contributed by atoms with van der Waals surface area (Å²) in [4.78, 5) is 16.9. The average Bonchev–Trinajstić information content (AvgIpc) is 3.19. The molecule has 0 spiro atoms. The van der Waals surface area contributed by atoms with E-state index in [1.165, 1.54) is 0 Å². The van der Waals surface area contributed by atoms with Crippen LogP contribution in [0.5, 0.6) is 0 Å². The number of carbonyl (C=O) groups is 1. The van der Waals surface area contributed by atoms with Gasteiger partial charge in [-0.3, -0.25) is 4.79 Å². The minimum Gasteiger partial charge on any atom is -0.436 e. The summed E-state index contributed by atoms with van der Waals surface area (Å²) in [5.74, 6) is 0.148. The number of benzene rings is 2. The number of rotatable bonds is 3. The van der Waals surface area contributed by atoms with E-state index >= 15 is 0 Å². The van der Waals surface area contributed by atoms with Gasteiger partial charge in [0.1, 0.15) is 5.52 Å². The molecule has 0 aliphatic heterocycles. The molecule has 0 unspecified atom stereocenters. The van der Waals surface area contributed by atoms with Crippen molar-refractivity contribution in [2.24, 2.45) is 0 Å². The van der Waals surface area contributed by atoms with Gasteiger partial charge >= 0.3 is 0 Å². The highest BCUT2D eigenvalue weighted by atomic mass is 35.5.